The summed E-state index contributed by atoms with van der Waals surface area (Å²) in [4.78, 5) is 12.7. The lowest BCUT2D eigenvalue weighted by atomic mass is 10.1. The Bertz CT molecular complexity index is 945. The predicted octanol–water partition coefficient (Wildman–Crippen LogP) is 5.58. The van der Waals surface area contributed by atoms with Crippen LogP contribution in [0.4, 0.5) is 0 Å². The van der Waals surface area contributed by atoms with E-state index in [1.165, 1.54) is 5.56 Å². The minimum Gasteiger partial charge on any atom is -0.363 e. The molecule has 2 aliphatic rings. The highest BCUT2D eigenvalue weighted by Crippen LogP contribution is 2.28. The highest BCUT2D eigenvalue weighted by Gasteiger charge is 2.16. The summed E-state index contributed by atoms with van der Waals surface area (Å²) in [5.74, 6) is 0.721. The molecule has 0 saturated heterocycles. The van der Waals surface area contributed by atoms with E-state index in [1.807, 2.05) is 48.7 Å². The van der Waals surface area contributed by atoms with E-state index in [0.29, 0.717) is 5.02 Å². The molecule has 0 fully saturated rings. The molecule has 2 heterocycles. The fourth-order valence-corrected chi connectivity index (χ4v) is 3.04. The van der Waals surface area contributed by atoms with Crippen molar-refractivity contribution in [3.05, 3.63) is 81.5 Å². The number of halogens is 2. The largest absolute Gasteiger partial charge is 0.363 e. The van der Waals surface area contributed by atoms with Crippen molar-refractivity contribution in [2.75, 3.05) is 0 Å². The molecule has 4 rings (SSSR count). The van der Waals surface area contributed by atoms with E-state index in [9.17, 15) is 0 Å². The Morgan fingerprint density at radius 1 is 0.917 bits per heavy atom. The molecule has 118 valence electrons. The predicted molar refractivity (Wildman–Crippen MR) is 100 cm³/mol. The lowest BCUT2D eigenvalue weighted by Gasteiger charge is -2.06. The molecule has 0 bridgehead atoms. The van der Waals surface area contributed by atoms with Gasteiger partial charge in [0.15, 0.2) is 5.82 Å². The van der Waals surface area contributed by atoms with Gasteiger partial charge in [-0.1, -0.05) is 39.7 Å². The summed E-state index contributed by atoms with van der Waals surface area (Å²) < 4.78 is 1.08. The molecule has 3 nitrogen and oxygen atoms in total. The molecule has 0 atom stereocenters. The molecular weight excluding hydrogens is 386 g/mol. The number of benzene rings is 2. The van der Waals surface area contributed by atoms with Gasteiger partial charge in [0.25, 0.3) is 0 Å². The van der Waals surface area contributed by atoms with Gasteiger partial charge in [0.2, 0.25) is 0 Å². The fraction of sp³-hybridized carbons (Fsp3) is 0.0526. The summed E-state index contributed by atoms with van der Waals surface area (Å²) in [5.41, 5.74) is 5.04. The maximum Gasteiger partial charge on any atom is 0.160 e. The maximum absolute atomic E-state index is 5.96. The second-order valence-corrected chi connectivity index (χ2v) is 6.90. The number of imidazole rings is 1. The number of fused-ring (bicyclic) bond motifs is 1. The normalized spacial score (nSPS) is 11.1. The van der Waals surface area contributed by atoms with Crippen LogP contribution in [0.2, 0.25) is 5.02 Å². The van der Waals surface area contributed by atoms with Crippen LogP contribution >= 0.6 is 27.5 Å². The standard InChI is InChI=1S/C19H13BrClN3/c20-14-5-1-12(2-6-14)11-17-18-16(9-10-22-17)23-19(24-18)13-3-7-15(21)8-4-13/h1-10,22H,11H2. The molecule has 24 heavy (non-hydrogen) atoms. The van der Waals surface area contributed by atoms with Crippen LogP contribution in [0.5, 0.6) is 0 Å². The van der Waals surface area contributed by atoms with Crippen LogP contribution in [0.1, 0.15) is 11.3 Å². The average Bonchev–Trinajstić information content (AvgIpc) is 3.03. The Hall–Kier alpha value is -2.17. The molecule has 0 unspecified atom stereocenters. The number of rotatable bonds is 3. The van der Waals surface area contributed by atoms with Gasteiger partial charge in [-0.3, -0.25) is 0 Å². The Labute approximate surface area is 153 Å². The maximum atomic E-state index is 5.96. The van der Waals surface area contributed by atoms with Crippen molar-refractivity contribution >= 4 is 27.5 Å². The number of aromatic amines is 1. The Balaban J connectivity index is 1.72. The van der Waals surface area contributed by atoms with Gasteiger partial charge in [0.1, 0.15) is 5.69 Å². The SMILES string of the molecule is Clc1ccc(-c2nc3cc[nH]c(Cc4ccc(Br)cc4)c-3n2)cc1. The first-order valence-corrected chi connectivity index (χ1v) is 8.70. The van der Waals surface area contributed by atoms with Crippen molar-refractivity contribution in [3.63, 3.8) is 0 Å². The lowest BCUT2D eigenvalue weighted by Crippen LogP contribution is -1.96. The summed E-state index contributed by atoms with van der Waals surface area (Å²) in [6.45, 7) is 0. The minimum atomic E-state index is 0.708. The molecule has 2 aromatic carbocycles. The van der Waals surface area contributed by atoms with Crippen LogP contribution in [0.3, 0.4) is 0 Å². The van der Waals surface area contributed by atoms with E-state index in [1.54, 1.807) is 0 Å². The molecule has 0 aliphatic carbocycles. The second kappa shape index (κ2) is 6.38. The van der Waals surface area contributed by atoms with Gasteiger partial charge >= 0.3 is 0 Å². The van der Waals surface area contributed by atoms with Crippen molar-refractivity contribution in [2.45, 2.75) is 6.42 Å². The van der Waals surface area contributed by atoms with Crippen LogP contribution in [0.15, 0.2) is 65.3 Å². The molecule has 2 aromatic rings. The zero-order valence-electron chi connectivity index (χ0n) is 12.6. The van der Waals surface area contributed by atoms with E-state index < -0.39 is 0 Å². The molecule has 0 saturated carbocycles. The highest BCUT2D eigenvalue weighted by atomic mass is 79.9. The molecule has 0 aromatic heterocycles. The molecule has 1 N–H and O–H groups in total. The van der Waals surface area contributed by atoms with Crippen LogP contribution in [0.25, 0.3) is 22.8 Å². The molecule has 2 aliphatic heterocycles. The van der Waals surface area contributed by atoms with Crippen molar-refractivity contribution in [1.29, 1.82) is 0 Å². The van der Waals surface area contributed by atoms with E-state index in [0.717, 1.165) is 39.4 Å². The van der Waals surface area contributed by atoms with Crippen molar-refractivity contribution in [2.24, 2.45) is 0 Å². The van der Waals surface area contributed by atoms with E-state index in [-0.39, 0.29) is 0 Å². The zero-order chi connectivity index (χ0) is 16.5. The molecule has 5 heteroatoms. The quantitative estimate of drug-likeness (QED) is 0.489. The third-order valence-corrected chi connectivity index (χ3v) is 4.65. The van der Waals surface area contributed by atoms with Crippen molar-refractivity contribution in [1.82, 2.24) is 15.0 Å². The number of hydrogen-bond acceptors (Lipinski definition) is 2. The first kappa shape index (κ1) is 15.4. The highest BCUT2D eigenvalue weighted by molar-refractivity contribution is 9.10. The summed E-state index contributed by atoms with van der Waals surface area (Å²) in [6.07, 6.45) is 2.69. The van der Waals surface area contributed by atoms with Crippen LogP contribution < -0.4 is 0 Å². The van der Waals surface area contributed by atoms with Gasteiger partial charge in [-0.15, -0.1) is 0 Å². The fourth-order valence-electron chi connectivity index (χ4n) is 2.65. The van der Waals surface area contributed by atoms with E-state index in [4.69, 9.17) is 16.6 Å². The van der Waals surface area contributed by atoms with Crippen LogP contribution in [-0.4, -0.2) is 15.0 Å². The van der Waals surface area contributed by atoms with Gasteiger partial charge in [-0.05, 0) is 48.0 Å². The summed E-state index contributed by atoms with van der Waals surface area (Å²) in [6, 6.07) is 17.8. The zero-order valence-corrected chi connectivity index (χ0v) is 15.0. The van der Waals surface area contributed by atoms with Crippen LogP contribution in [0, 0.1) is 0 Å². The lowest BCUT2D eigenvalue weighted by molar-refractivity contribution is 1.06. The average molecular weight is 399 g/mol. The number of pyridine rings is 1. The number of hydrogen-bond donors (Lipinski definition) is 1. The number of H-pyrrole nitrogens is 1. The van der Waals surface area contributed by atoms with Crippen LogP contribution in [-0.2, 0) is 6.42 Å². The topological polar surface area (TPSA) is 41.6 Å². The van der Waals surface area contributed by atoms with Gasteiger partial charge in [-0.25, -0.2) is 9.97 Å². The summed E-state index contributed by atoms with van der Waals surface area (Å²) in [7, 11) is 0. The second-order valence-electron chi connectivity index (χ2n) is 5.55. The molecule has 0 amide bonds. The minimum absolute atomic E-state index is 0.708. The molecule has 0 radical (unpaired) electrons. The van der Waals surface area contributed by atoms with Gasteiger partial charge in [0.05, 0.1) is 5.69 Å². The number of aromatic nitrogens is 3. The van der Waals surface area contributed by atoms with Gasteiger partial charge in [0, 0.05) is 33.4 Å². The first-order chi connectivity index (χ1) is 11.7. The smallest absolute Gasteiger partial charge is 0.160 e. The Morgan fingerprint density at radius 2 is 1.67 bits per heavy atom. The van der Waals surface area contributed by atoms with E-state index >= 15 is 0 Å². The number of nitrogens with one attached hydrogen (secondary N) is 1. The third-order valence-electron chi connectivity index (χ3n) is 3.87. The first-order valence-electron chi connectivity index (χ1n) is 7.53. The monoisotopic (exact) mass is 397 g/mol. The van der Waals surface area contributed by atoms with Crippen molar-refractivity contribution < 1.29 is 0 Å². The number of nitrogens with zero attached hydrogens (tertiary/aromatic N) is 2. The third kappa shape index (κ3) is 3.07. The molecular formula is C19H13BrClN3. The van der Waals surface area contributed by atoms with E-state index in [2.05, 4.69) is 38.0 Å². The van der Waals surface area contributed by atoms with Gasteiger partial charge in [-0.2, -0.15) is 0 Å². The van der Waals surface area contributed by atoms with Crippen molar-refractivity contribution in [3.8, 4) is 22.8 Å². The Kier molecular flexibility index (Phi) is 4.08. The Morgan fingerprint density at radius 3 is 2.42 bits per heavy atom. The summed E-state index contributed by atoms with van der Waals surface area (Å²) >= 11 is 9.42. The van der Waals surface area contributed by atoms with Gasteiger partial charge < -0.3 is 4.98 Å². The summed E-state index contributed by atoms with van der Waals surface area (Å²) in [5, 5.41) is 0.708. The molecule has 0 spiro atoms.